The second-order valence-corrected chi connectivity index (χ2v) is 6.98. The van der Waals surface area contributed by atoms with Crippen molar-refractivity contribution in [3.8, 4) is 5.88 Å². The summed E-state index contributed by atoms with van der Waals surface area (Å²) in [5.41, 5.74) is -1.11. The molecule has 0 radical (unpaired) electrons. The number of ether oxygens (including phenoxy) is 1. The maximum absolute atomic E-state index is 13.6. The molecule has 3 nitrogen and oxygen atoms in total. The van der Waals surface area contributed by atoms with E-state index < -0.39 is 5.67 Å². The van der Waals surface area contributed by atoms with Crippen LogP contribution in [0, 0.1) is 5.92 Å². The van der Waals surface area contributed by atoms with Crippen LogP contribution in [0.25, 0.3) is 0 Å². The number of piperidine rings is 1. The molecule has 0 saturated carbocycles. The Kier molecular flexibility index (Phi) is 5.38. The lowest BCUT2D eigenvalue weighted by molar-refractivity contribution is 0.0830. The molecule has 0 unspecified atom stereocenters. The minimum absolute atomic E-state index is 0.523. The first-order valence-electron chi connectivity index (χ1n) is 7.08. The molecular formula is C15H22BrFN2O. The fourth-order valence-corrected chi connectivity index (χ4v) is 2.73. The van der Waals surface area contributed by atoms with E-state index in [1.165, 1.54) is 0 Å². The predicted octanol–water partition coefficient (Wildman–Crippen LogP) is 3.68. The molecule has 0 N–H and O–H groups in total. The molecule has 1 aromatic heterocycles. The maximum Gasteiger partial charge on any atom is 0.213 e. The van der Waals surface area contributed by atoms with Gasteiger partial charge in [-0.05, 0) is 67.7 Å². The van der Waals surface area contributed by atoms with Gasteiger partial charge in [-0.25, -0.2) is 9.37 Å². The van der Waals surface area contributed by atoms with E-state index in [9.17, 15) is 4.39 Å². The molecular weight excluding hydrogens is 323 g/mol. The number of hydrogen-bond acceptors (Lipinski definition) is 3. The number of pyridine rings is 1. The second-order valence-electron chi connectivity index (χ2n) is 6.06. The van der Waals surface area contributed by atoms with Crippen molar-refractivity contribution < 1.29 is 9.13 Å². The molecule has 0 atom stereocenters. The maximum atomic E-state index is 13.6. The molecule has 1 fully saturated rings. The third-order valence-electron chi connectivity index (χ3n) is 3.47. The van der Waals surface area contributed by atoms with Crippen LogP contribution in [0.15, 0.2) is 22.8 Å². The Morgan fingerprint density at radius 1 is 1.40 bits per heavy atom. The minimum atomic E-state index is -1.11. The molecule has 2 rings (SSSR count). The zero-order valence-corrected chi connectivity index (χ0v) is 13.7. The Labute approximate surface area is 128 Å². The van der Waals surface area contributed by atoms with Crippen molar-refractivity contribution in [2.75, 3.05) is 26.2 Å². The number of nitrogens with zero attached hydrogens (tertiary/aromatic N) is 2. The lowest BCUT2D eigenvalue weighted by Gasteiger charge is -2.34. The Morgan fingerprint density at radius 3 is 2.65 bits per heavy atom. The molecule has 20 heavy (non-hydrogen) atoms. The van der Waals surface area contributed by atoms with Crippen LogP contribution in [0.5, 0.6) is 5.88 Å². The van der Waals surface area contributed by atoms with Crippen LogP contribution >= 0.6 is 15.9 Å². The number of likely N-dealkylation sites (tertiary alicyclic amines) is 1. The van der Waals surface area contributed by atoms with E-state index in [4.69, 9.17) is 4.74 Å². The fourth-order valence-electron chi connectivity index (χ4n) is 2.49. The quantitative estimate of drug-likeness (QED) is 0.814. The van der Waals surface area contributed by atoms with E-state index in [-0.39, 0.29) is 0 Å². The smallest absolute Gasteiger partial charge is 0.213 e. The molecule has 1 aromatic rings. The van der Waals surface area contributed by atoms with Gasteiger partial charge in [0.15, 0.2) is 0 Å². The highest BCUT2D eigenvalue weighted by Crippen LogP contribution is 2.21. The zero-order valence-electron chi connectivity index (χ0n) is 12.1. The highest BCUT2D eigenvalue weighted by Gasteiger charge is 2.25. The average molecular weight is 345 g/mol. The first-order chi connectivity index (χ1) is 9.42. The molecule has 1 aliphatic rings. The molecule has 1 aliphatic heterocycles. The fraction of sp³-hybridized carbons (Fsp3) is 0.667. The molecule has 112 valence electrons. The van der Waals surface area contributed by atoms with Crippen molar-refractivity contribution >= 4 is 15.9 Å². The van der Waals surface area contributed by atoms with Crippen molar-refractivity contribution in [2.24, 2.45) is 5.92 Å². The number of halogens is 2. The van der Waals surface area contributed by atoms with E-state index in [0.717, 1.165) is 30.4 Å². The summed E-state index contributed by atoms with van der Waals surface area (Å²) >= 11 is 3.35. The summed E-state index contributed by atoms with van der Waals surface area (Å²) in [7, 11) is 0. The van der Waals surface area contributed by atoms with Gasteiger partial charge >= 0.3 is 0 Å². The van der Waals surface area contributed by atoms with Gasteiger partial charge in [-0.2, -0.15) is 0 Å². The summed E-state index contributed by atoms with van der Waals surface area (Å²) in [6.45, 7) is 6.41. The first kappa shape index (κ1) is 15.7. The van der Waals surface area contributed by atoms with Crippen LogP contribution in [-0.4, -0.2) is 41.8 Å². The van der Waals surface area contributed by atoms with Crippen LogP contribution in [0.4, 0.5) is 4.39 Å². The Balaban J connectivity index is 1.70. The SMILES string of the molecule is CC(C)(F)CN1CCC(COc2ccc(Br)cn2)CC1. The summed E-state index contributed by atoms with van der Waals surface area (Å²) in [6.07, 6.45) is 3.86. The molecule has 2 heterocycles. The van der Waals surface area contributed by atoms with Crippen LogP contribution < -0.4 is 4.74 Å². The van der Waals surface area contributed by atoms with Crippen LogP contribution in [0.3, 0.4) is 0 Å². The lowest BCUT2D eigenvalue weighted by Crippen LogP contribution is -2.41. The molecule has 0 aliphatic carbocycles. The predicted molar refractivity (Wildman–Crippen MR) is 81.8 cm³/mol. The molecule has 5 heteroatoms. The van der Waals surface area contributed by atoms with Crippen LogP contribution in [0.1, 0.15) is 26.7 Å². The number of rotatable bonds is 5. The Hall–Kier alpha value is -0.680. The van der Waals surface area contributed by atoms with Crippen molar-refractivity contribution in [3.05, 3.63) is 22.8 Å². The number of alkyl halides is 1. The summed E-state index contributed by atoms with van der Waals surface area (Å²) in [4.78, 5) is 6.40. The van der Waals surface area contributed by atoms with E-state index >= 15 is 0 Å². The Bertz CT molecular complexity index is 411. The van der Waals surface area contributed by atoms with Gasteiger partial charge in [0, 0.05) is 23.3 Å². The van der Waals surface area contributed by atoms with E-state index in [2.05, 4.69) is 25.8 Å². The highest BCUT2D eigenvalue weighted by atomic mass is 79.9. The van der Waals surface area contributed by atoms with Gasteiger partial charge in [0.05, 0.1) is 6.61 Å². The number of aromatic nitrogens is 1. The minimum Gasteiger partial charge on any atom is -0.477 e. The van der Waals surface area contributed by atoms with Gasteiger partial charge in [0.2, 0.25) is 5.88 Å². The topological polar surface area (TPSA) is 25.4 Å². The molecule has 0 spiro atoms. The zero-order chi connectivity index (χ0) is 14.6. The lowest BCUT2D eigenvalue weighted by atomic mass is 9.97. The summed E-state index contributed by atoms with van der Waals surface area (Å²) in [6, 6.07) is 3.79. The normalized spacial score (nSPS) is 18.2. The third kappa shape index (κ3) is 5.37. The van der Waals surface area contributed by atoms with Gasteiger partial charge < -0.3 is 9.64 Å². The average Bonchev–Trinajstić information content (AvgIpc) is 2.38. The van der Waals surface area contributed by atoms with Crippen LogP contribution in [0.2, 0.25) is 0 Å². The van der Waals surface area contributed by atoms with Crippen LogP contribution in [-0.2, 0) is 0 Å². The largest absolute Gasteiger partial charge is 0.477 e. The summed E-state index contributed by atoms with van der Waals surface area (Å²) < 4.78 is 20.3. The molecule has 0 bridgehead atoms. The van der Waals surface area contributed by atoms with Gasteiger partial charge in [0.25, 0.3) is 0 Å². The van der Waals surface area contributed by atoms with E-state index in [1.807, 2.05) is 12.1 Å². The second kappa shape index (κ2) is 6.85. The van der Waals surface area contributed by atoms with Crippen molar-refractivity contribution in [3.63, 3.8) is 0 Å². The van der Waals surface area contributed by atoms with E-state index in [0.29, 0.717) is 24.9 Å². The molecule has 0 amide bonds. The Morgan fingerprint density at radius 2 is 2.10 bits per heavy atom. The standard InChI is InChI=1S/C15H22BrFN2O/c1-15(2,17)11-19-7-5-12(6-8-19)10-20-14-4-3-13(16)9-18-14/h3-4,9,12H,5-8,10-11H2,1-2H3. The van der Waals surface area contributed by atoms with Crippen molar-refractivity contribution in [2.45, 2.75) is 32.4 Å². The van der Waals surface area contributed by atoms with Gasteiger partial charge in [-0.3, -0.25) is 0 Å². The number of hydrogen-bond donors (Lipinski definition) is 0. The third-order valence-corrected chi connectivity index (χ3v) is 3.94. The molecule has 0 aromatic carbocycles. The van der Waals surface area contributed by atoms with Gasteiger partial charge in [0.1, 0.15) is 5.67 Å². The summed E-state index contributed by atoms with van der Waals surface area (Å²) in [5, 5.41) is 0. The van der Waals surface area contributed by atoms with Gasteiger partial charge in [-0.1, -0.05) is 0 Å². The molecule has 1 saturated heterocycles. The summed E-state index contributed by atoms with van der Waals surface area (Å²) in [5.74, 6) is 1.21. The monoisotopic (exact) mass is 344 g/mol. The highest BCUT2D eigenvalue weighted by molar-refractivity contribution is 9.10. The van der Waals surface area contributed by atoms with E-state index in [1.54, 1.807) is 20.0 Å². The first-order valence-corrected chi connectivity index (χ1v) is 7.87. The van der Waals surface area contributed by atoms with Gasteiger partial charge in [-0.15, -0.1) is 0 Å². The van der Waals surface area contributed by atoms with Crippen molar-refractivity contribution in [1.29, 1.82) is 0 Å². The van der Waals surface area contributed by atoms with Crippen molar-refractivity contribution in [1.82, 2.24) is 9.88 Å².